The van der Waals surface area contributed by atoms with Crippen molar-refractivity contribution in [3.8, 4) is 0 Å². The molecule has 1 rings (SSSR count). The van der Waals surface area contributed by atoms with Gasteiger partial charge in [0.2, 0.25) is 0 Å². The first-order valence-electron chi connectivity index (χ1n) is 4.14. The van der Waals surface area contributed by atoms with Gasteiger partial charge in [-0.3, -0.25) is 0 Å². The van der Waals surface area contributed by atoms with Gasteiger partial charge in [-0.25, -0.2) is 0 Å². The molecule has 0 saturated carbocycles. The van der Waals surface area contributed by atoms with Crippen molar-refractivity contribution >= 4 is 0 Å². The summed E-state index contributed by atoms with van der Waals surface area (Å²) in [5.41, 5.74) is 5.43. The maximum Gasteiger partial charge on any atom is 0.106 e. The van der Waals surface area contributed by atoms with Gasteiger partial charge in [0.15, 0.2) is 0 Å². The van der Waals surface area contributed by atoms with E-state index in [1.807, 2.05) is 13.8 Å². The Morgan fingerprint density at radius 3 is 2.73 bits per heavy atom. The lowest BCUT2D eigenvalue weighted by Gasteiger charge is -2.28. The molecule has 1 fully saturated rings. The van der Waals surface area contributed by atoms with E-state index in [9.17, 15) is 0 Å². The summed E-state index contributed by atoms with van der Waals surface area (Å²) in [5.74, 6) is 0. The second-order valence-electron chi connectivity index (χ2n) is 3.36. The molecule has 0 aromatic heterocycles. The normalized spacial score (nSPS) is 31.6. The van der Waals surface area contributed by atoms with E-state index in [0.717, 1.165) is 13.0 Å². The summed E-state index contributed by atoms with van der Waals surface area (Å²) < 4.78 is 10.9. The van der Waals surface area contributed by atoms with Crippen molar-refractivity contribution in [2.24, 2.45) is 5.73 Å². The molecule has 0 bridgehead atoms. The van der Waals surface area contributed by atoms with Crippen LogP contribution in [0.3, 0.4) is 0 Å². The predicted molar refractivity (Wildman–Crippen MR) is 43.4 cm³/mol. The number of rotatable bonds is 3. The fourth-order valence-electron chi connectivity index (χ4n) is 1.39. The third kappa shape index (κ3) is 2.15. The van der Waals surface area contributed by atoms with Crippen LogP contribution in [0.2, 0.25) is 0 Å². The Kier molecular flexibility index (Phi) is 2.87. The highest BCUT2D eigenvalue weighted by Crippen LogP contribution is 2.23. The molecule has 2 N–H and O–H groups in total. The first-order valence-corrected chi connectivity index (χ1v) is 4.14. The first-order chi connectivity index (χ1) is 5.18. The molecule has 0 aliphatic carbocycles. The minimum atomic E-state index is -0.186. The number of ether oxygens (including phenoxy) is 2. The van der Waals surface area contributed by atoms with Crippen LogP contribution in [0.15, 0.2) is 0 Å². The van der Waals surface area contributed by atoms with Crippen molar-refractivity contribution < 1.29 is 9.47 Å². The summed E-state index contributed by atoms with van der Waals surface area (Å²) in [4.78, 5) is 0. The highest BCUT2D eigenvalue weighted by Gasteiger charge is 2.35. The Morgan fingerprint density at radius 1 is 1.64 bits per heavy atom. The van der Waals surface area contributed by atoms with E-state index in [2.05, 4.69) is 0 Å². The summed E-state index contributed by atoms with van der Waals surface area (Å²) in [5, 5.41) is 0. The van der Waals surface area contributed by atoms with Gasteiger partial charge in [0.25, 0.3) is 0 Å². The molecule has 3 nitrogen and oxygen atoms in total. The van der Waals surface area contributed by atoms with E-state index >= 15 is 0 Å². The lowest BCUT2D eigenvalue weighted by atomic mass is 10.0. The van der Waals surface area contributed by atoms with Crippen LogP contribution in [0, 0.1) is 0 Å². The van der Waals surface area contributed by atoms with E-state index in [4.69, 9.17) is 15.2 Å². The van der Waals surface area contributed by atoms with Crippen LogP contribution in [0.1, 0.15) is 20.3 Å². The van der Waals surface area contributed by atoms with Gasteiger partial charge in [0.05, 0.1) is 12.7 Å². The minimum absolute atomic E-state index is 0.186. The molecule has 3 heteroatoms. The van der Waals surface area contributed by atoms with Gasteiger partial charge < -0.3 is 15.2 Å². The molecule has 0 radical (unpaired) electrons. The molecular formula is C8H17NO2. The molecule has 1 atom stereocenters. The zero-order valence-electron chi connectivity index (χ0n) is 7.30. The number of hydrogen-bond acceptors (Lipinski definition) is 3. The largest absolute Gasteiger partial charge is 0.378 e. The molecule has 11 heavy (non-hydrogen) atoms. The molecule has 66 valence electrons. The van der Waals surface area contributed by atoms with Crippen molar-refractivity contribution in [3.63, 3.8) is 0 Å². The fourth-order valence-corrected chi connectivity index (χ4v) is 1.39. The first kappa shape index (κ1) is 8.97. The molecule has 1 aliphatic heterocycles. The van der Waals surface area contributed by atoms with Crippen LogP contribution in [0.4, 0.5) is 0 Å². The van der Waals surface area contributed by atoms with Crippen molar-refractivity contribution in [1.82, 2.24) is 0 Å². The summed E-state index contributed by atoms with van der Waals surface area (Å²) in [7, 11) is 0. The van der Waals surface area contributed by atoms with Gasteiger partial charge in [-0.15, -0.1) is 0 Å². The number of nitrogens with two attached hydrogens (primary N) is 1. The maximum atomic E-state index is 5.70. The highest BCUT2D eigenvalue weighted by molar-refractivity contribution is 4.86. The molecule has 0 amide bonds. The summed E-state index contributed by atoms with van der Waals surface area (Å²) in [6, 6.07) is 0. The monoisotopic (exact) mass is 159 g/mol. The van der Waals surface area contributed by atoms with Crippen molar-refractivity contribution in [2.75, 3.05) is 19.8 Å². The van der Waals surface area contributed by atoms with Gasteiger partial charge in [0.1, 0.15) is 5.60 Å². The summed E-state index contributed by atoms with van der Waals surface area (Å²) in [6.07, 6.45) is 1.17. The van der Waals surface area contributed by atoms with E-state index < -0.39 is 0 Å². The number of hydrogen-bond donors (Lipinski definition) is 1. The Hall–Kier alpha value is -0.120. The maximum absolute atomic E-state index is 5.70. The van der Waals surface area contributed by atoms with Gasteiger partial charge in [-0.1, -0.05) is 0 Å². The Labute approximate surface area is 67.9 Å². The minimum Gasteiger partial charge on any atom is -0.378 e. The van der Waals surface area contributed by atoms with Gasteiger partial charge in [0, 0.05) is 19.6 Å². The van der Waals surface area contributed by atoms with E-state index in [1.165, 1.54) is 0 Å². The molecule has 0 aromatic carbocycles. The average molecular weight is 159 g/mol. The van der Waals surface area contributed by atoms with Gasteiger partial charge >= 0.3 is 0 Å². The second-order valence-corrected chi connectivity index (χ2v) is 3.36. The third-order valence-electron chi connectivity index (χ3n) is 1.92. The van der Waals surface area contributed by atoms with Crippen molar-refractivity contribution in [2.45, 2.75) is 32.0 Å². The molecule has 0 unspecified atom stereocenters. The van der Waals surface area contributed by atoms with E-state index in [-0.39, 0.29) is 11.7 Å². The van der Waals surface area contributed by atoms with Gasteiger partial charge in [-0.05, 0) is 13.8 Å². The SMILES string of the molecule is CC(C)O[C@@]1(CN)CCOC1. The van der Waals surface area contributed by atoms with E-state index in [0.29, 0.717) is 13.2 Å². The second kappa shape index (κ2) is 3.52. The van der Waals surface area contributed by atoms with Crippen LogP contribution < -0.4 is 5.73 Å². The zero-order valence-corrected chi connectivity index (χ0v) is 7.30. The lowest BCUT2D eigenvalue weighted by molar-refractivity contribution is -0.0754. The molecule has 0 spiro atoms. The van der Waals surface area contributed by atoms with Crippen molar-refractivity contribution in [3.05, 3.63) is 0 Å². The molecule has 0 aromatic rings. The van der Waals surface area contributed by atoms with Crippen LogP contribution in [0.5, 0.6) is 0 Å². The topological polar surface area (TPSA) is 44.5 Å². The fraction of sp³-hybridized carbons (Fsp3) is 1.00. The average Bonchev–Trinajstić information content (AvgIpc) is 2.36. The molecular weight excluding hydrogens is 142 g/mol. The Morgan fingerprint density at radius 2 is 2.36 bits per heavy atom. The molecule has 1 heterocycles. The van der Waals surface area contributed by atoms with Crippen LogP contribution in [-0.2, 0) is 9.47 Å². The van der Waals surface area contributed by atoms with Gasteiger partial charge in [-0.2, -0.15) is 0 Å². The highest BCUT2D eigenvalue weighted by atomic mass is 16.6. The zero-order chi connectivity index (χ0) is 8.32. The van der Waals surface area contributed by atoms with Crippen LogP contribution >= 0.6 is 0 Å². The van der Waals surface area contributed by atoms with E-state index in [1.54, 1.807) is 0 Å². The third-order valence-corrected chi connectivity index (χ3v) is 1.92. The molecule has 1 aliphatic rings. The summed E-state index contributed by atoms with van der Waals surface area (Å²) >= 11 is 0. The standard InChI is InChI=1S/C8H17NO2/c1-7(2)11-8(5-9)3-4-10-6-8/h7H,3-6,9H2,1-2H3/t8-/m1/s1. The quantitative estimate of drug-likeness (QED) is 0.653. The van der Waals surface area contributed by atoms with Crippen LogP contribution in [0.25, 0.3) is 0 Å². The summed E-state index contributed by atoms with van der Waals surface area (Å²) in [6.45, 7) is 6.04. The molecule has 1 saturated heterocycles. The van der Waals surface area contributed by atoms with Crippen molar-refractivity contribution in [1.29, 1.82) is 0 Å². The Bertz CT molecular complexity index is 119. The lowest BCUT2D eigenvalue weighted by Crippen LogP contribution is -2.43. The smallest absolute Gasteiger partial charge is 0.106 e. The van der Waals surface area contributed by atoms with Crippen LogP contribution in [-0.4, -0.2) is 31.5 Å². The predicted octanol–water partition coefficient (Wildman–Crippen LogP) is 0.529. The Balaban J connectivity index is 2.45.